The Bertz CT molecular complexity index is 1540. The molecule has 1 aliphatic heterocycles. The van der Waals surface area contributed by atoms with Crippen LogP contribution in [0.25, 0.3) is 27.9 Å². The summed E-state index contributed by atoms with van der Waals surface area (Å²) in [5.41, 5.74) is 3.65. The van der Waals surface area contributed by atoms with Gasteiger partial charge in [0.15, 0.2) is 17.5 Å². The highest BCUT2D eigenvalue weighted by molar-refractivity contribution is 6.02. The number of nitrogens with zero attached hydrogens (tertiary/aromatic N) is 5. The molecule has 0 radical (unpaired) electrons. The van der Waals surface area contributed by atoms with Crippen molar-refractivity contribution in [3.05, 3.63) is 78.7 Å². The van der Waals surface area contributed by atoms with Crippen molar-refractivity contribution in [2.45, 2.75) is 26.3 Å². The van der Waals surface area contributed by atoms with E-state index in [0.29, 0.717) is 11.6 Å². The van der Waals surface area contributed by atoms with Crippen molar-refractivity contribution >= 4 is 33.9 Å². The van der Waals surface area contributed by atoms with Crippen molar-refractivity contribution in [2.24, 2.45) is 5.41 Å². The second kappa shape index (κ2) is 9.33. The van der Waals surface area contributed by atoms with Crippen LogP contribution in [0.2, 0.25) is 0 Å². The molecule has 1 saturated heterocycles. The van der Waals surface area contributed by atoms with E-state index in [-0.39, 0.29) is 17.3 Å². The van der Waals surface area contributed by atoms with Crippen LogP contribution in [0.5, 0.6) is 0 Å². The first-order valence-electron chi connectivity index (χ1n) is 12.3. The van der Waals surface area contributed by atoms with Crippen LogP contribution in [0.1, 0.15) is 25.8 Å². The number of rotatable bonds is 6. The van der Waals surface area contributed by atoms with Crippen molar-refractivity contribution in [2.75, 3.05) is 23.7 Å². The number of hydrogen-bond acceptors (Lipinski definition) is 8. The monoisotopic (exact) mass is 494 g/mol. The highest BCUT2D eigenvalue weighted by Gasteiger charge is 2.33. The first kappa shape index (κ1) is 23.2. The van der Waals surface area contributed by atoms with E-state index in [2.05, 4.69) is 56.9 Å². The van der Waals surface area contributed by atoms with E-state index >= 15 is 0 Å². The van der Waals surface area contributed by atoms with Crippen molar-refractivity contribution in [1.29, 1.82) is 0 Å². The summed E-state index contributed by atoms with van der Waals surface area (Å²) in [4.78, 5) is 22.8. The number of piperidine rings is 1. The maximum absolute atomic E-state index is 14.1. The highest BCUT2D eigenvalue weighted by Crippen LogP contribution is 2.36. The molecular weight excluding hydrogens is 467 g/mol. The third-order valence-corrected chi connectivity index (χ3v) is 6.94. The minimum atomic E-state index is -0.453. The van der Waals surface area contributed by atoms with Gasteiger partial charge < -0.3 is 16.0 Å². The van der Waals surface area contributed by atoms with Crippen molar-refractivity contribution in [3.63, 3.8) is 0 Å². The van der Waals surface area contributed by atoms with E-state index in [4.69, 9.17) is 9.97 Å². The summed E-state index contributed by atoms with van der Waals surface area (Å²) in [5.74, 6) is 1.42. The molecule has 0 saturated carbocycles. The fraction of sp³-hybridized carbons (Fsp3) is 0.250. The van der Waals surface area contributed by atoms with Gasteiger partial charge in [0, 0.05) is 42.3 Å². The van der Waals surface area contributed by atoms with Gasteiger partial charge in [-0.1, -0.05) is 32.1 Å². The molecule has 4 aromatic rings. The van der Waals surface area contributed by atoms with E-state index in [1.165, 1.54) is 12.3 Å². The van der Waals surface area contributed by atoms with E-state index in [0.717, 1.165) is 52.9 Å². The molecule has 2 aliphatic rings. The first-order valence-corrected chi connectivity index (χ1v) is 12.3. The minimum absolute atomic E-state index is 0.0407. The lowest BCUT2D eigenvalue weighted by Crippen LogP contribution is -2.49. The molecule has 1 aliphatic carbocycles. The summed E-state index contributed by atoms with van der Waals surface area (Å²) in [6.45, 7) is 6.39. The Balaban J connectivity index is 1.44. The molecule has 8 nitrogen and oxygen atoms in total. The largest absolute Gasteiger partial charge is 0.366 e. The van der Waals surface area contributed by atoms with Gasteiger partial charge in [-0.05, 0) is 48.2 Å². The van der Waals surface area contributed by atoms with E-state index in [1.54, 1.807) is 24.5 Å². The van der Waals surface area contributed by atoms with Crippen LogP contribution in [0.15, 0.2) is 67.3 Å². The molecule has 0 aromatic carbocycles. The highest BCUT2D eigenvalue weighted by atomic mass is 19.1. The predicted molar refractivity (Wildman–Crippen MR) is 144 cm³/mol. The van der Waals surface area contributed by atoms with Gasteiger partial charge in [-0.25, -0.2) is 24.3 Å². The number of allylic oxidation sites excluding steroid dienone is 4. The second-order valence-corrected chi connectivity index (χ2v) is 10.00. The van der Waals surface area contributed by atoms with Gasteiger partial charge in [-0.3, -0.25) is 4.98 Å². The number of fused-ring (bicyclic) bond motifs is 1. The Morgan fingerprint density at radius 3 is 2.76 bits per heavy atom. The van der Waals surface area contributed by atoms with Gasteiger partial charge >= 0.3 is 0 Å². The first-order chi connectivity index (χ1) is 18.0. The summed E-state index contributed by atoms with van der Waals surface area (Å²) in [5, 5.41) is 11.2. The van der Waals surface area contributed by atoms with Crippen LogP contribution < -0.4 is 16.0 Å². The van der Waals surface area contributed by atoms with Gasteiger partial charge in [-0.15, -0.1) is 0 Å². The minimum Gasteiger partial charge on any atom is -0.366 e. The van der Waals surface area contributed by atoms with Crippen LogP contribution in [-0.4, -0.2) is 44.1 Å². The topological polar surface area (TPSA) is 101 Å². The smallest absolute Gasteiger partial charge is 0.167 e. The normalized spacial score (nSPS) is 18.2. The lowest BCUT2D eigenvalue weighted by molar-refractivity contribution is 0.236. The third kappa shape index (κ3) is 4.53. The van der Waals surface area contributed by atoms with Gasteiger partial charge in [0.25, 0.3) is 0 Å². The molecule has 6 rings (SSSR count). The van der Waals surface area contributed by atoms with Crippen LogP contribution in [0.3, 0.4) is 0 Å². The molecular formula is C28H27FN8. The van der Waals surface area contributed by atoms with Crippen LogP contribution >= 0.6 is 0 Å². The Morgan fingerprint density at radius 1 is 1.08 bits per heavy atom. The molecule has 0 amide bonds. The van der Waals surface area contributed by atoms with E-state index < -0.39 is 5.82 Å². The predicted octanol–water partition coefficient (Wildman–Crippen LogP) is 5.12. The number of halogens is 1. The molecule has 5 heterocycles. The zero-order valence-electron chi connectivity index (χ0n) is 20.7. The van der Waals surface area contributed by atoms with Gasteiger partial charge in [0.05, 0.1) is 17.1 Å². The molecule has 0 spiro atoms. The van der Waals surface area contributed by atoms with Gasteiger partial charge in [-0.2, -0.15) is 0 Å². The molecule has 3 N–H and O–H groups in total. The van der Waals surface area contributed by atoms with Crippen molar-refractivity contribution in [1.82, 2.24) is 30.2 Å². The van der Waals surface area contributed by atoms with Gasteiger partial charge in [0.2, 0.25) is 0 Å². The summed E-state index contributed by atoms with van der Waals surface area (Å²) in [7, 11) is 0. The number of pyridine rings is 3. The fourth-order valence-electron chi connectivity index (χ4n) is 4.75. The molecule has 9 heteroatoms. The van der Waals surface area contributed by atoms with Crippen molar-refractivity contribution < 1.29 is 4.39 Å². The van der Waals surface area contributed by atoms with Crippen LogP contribution in [0.4, 0.5) is 21.8 Å². The molecule has 1 fully saturated rings. The standard InChI is InChI=1S/C28H27FN8/c1-28(2)16-30-11-9-22(28)35-27-24-19(17-5-3-6-17)14-31-15-21(24)34-25(37-27)18-8-12-32-23(13-18)36-26-20(29)7-4-10-33-26/h3-8,10,12-15,22,30H,9,11,16H2,1-2H3,(H,32,33,36)(H,34,35,37). The maximum Gasteiger partial charge on any atom is 0.167 e. The van der Waals surface area contributed by atoms with Crippen LogP contribution in [-0.2, 0) is 0 Å². The quantitative estimate of drug-likeness (QED) is 0.340. The number of anilines is 3. The zero-order valence-corrected chi connectivity index (χ0v) is 20.7. The summed E-state index contributed by atoms with van der Waals surface area (Å²) >= 11 is 0. The second-order valence-electron chi connectivity index (χ2n) is 10.00. The molecule has 37 heavy (non-hydrogen) atoms. The Kier molecular flexibility index (Phi) is 5.84. The summed E-state index contributed by atoms with van der Waals surface area (Å²) < 4.78 is 14.1. The Hall–Kier alpha value is -4.24. The van der Waals surface area contributed by atoms with E-state index in [1.807, 2.05) is 18.3 Å². The third-order valence-electron chi connectivity index (χ3n) is 6.94. The SMILES string of the molecule is CC1(C)CNCCC1Nc1nc(-c2ccnc(Nc3ncccc3F)c2)nc2cncc(C3=CC=C3)c12. The average molecular weight is 495 g/mol. The maximum atomic E-state index is 14.1. The molecule has 1 atom stereocenters. The average Bonchev–Trinajstić information content (AvgIpc) is 2.86. The molecule has 0 bridgehead atoms. The lowest BCUT2D eigenvalue weighted by Gasteiger charge is -2.40. The Morgan fingerprint density at radius 2 is 1.97 bits per heavy atom. The number of nitrogens with one attached hydrogen (secondary N) is 3. The van der Waals surface area contributed by atoms with Crippen molar-refractivity contribution in [3.8, 4) is 11.4 Å². The summed E-state index contributed by atoms with van der Waals surface area (Å²) in [6.07, 6.45) is 14.0. The van der Waals surface area contributed by atoms with Crippen LogP contribution in [0, 0.1) is 11.2 Å². The number of hydrogen-bond donors (Lipinski definition) is 3. The lowest BCUT2D eigenvalue weighted by atomic mass is 9.80. The number of aromatic nitrogens is 5. The van der Waals surface area contributed by atoms with E-state index in [9.17, 15) is 4.39 Å². The van der Waals surface area contributed by atoms with Gasteiger partial charge in [0.1, 0.15) is 11.6 Å². The molecule has 4 aromatic heterocycles. The Labute approximate surface area is 214 Å². The zero-order chi connectivity index (χ0) is 25.4. The summed E-state index contributed by atoms with van der Waals surface area (Å²) in [6, 6.07) is 6.76. The molecule has 1 unspecified atom stereocenters. The molecule has 186 valence electrons. The fourth-order valence-corrected chi connectivity index (χ4v) is 4.75.